The summed E-state index contributed by atoms with van der Waals surface area (Å²) in [4.78, 5) is 30.9. The molecule has 144 valence electrons. The van der Waals surface area contributed by atoms with Crippen LogP contribution in [0, 0.1) is 11.8 Å². The highest BCUT2D eigenvalue weighted by atomic mass is 35.5. The number of carbonyl (C=O) groups is 2. The summed E-state index contributed by atoms with van der Waals surface area (Å²) in [5.41, 5.74) is 5.92. The first-order chi connectivity index (χ1) is 11.0. The number of nitrogens with one attached hydrogen (secondary N) is 1. The van der Waals surface area contributed by atoms with E-state index in [1.54, 1.807) is 4.90 Å². The van der Waals surface area contributed by atoms with Gasteiger partial charge in [0.15, 0.2) is 0 Å². The van der Waals surface area contributed by atoms with Crippen molar-refractivity contribution in [2.45, 2.75) is 33.1 Å². The van der Waals surface area contributed by atoms with Crippen molar-refractivity contribution in [2.75, 3.05) is 26.2 Å². The van der Waals surface area contributed by atoms with Gasteiger partial charge in [-0.15, -0.1) is 36.2 Å². The van der Waals surface area contributed by atoms with Gasteiger partial charge >= 0.3 is 0 Å². The molecule has 1 aromatic rings. The van der Waals surface area contributed by atoms with Gasteiger partial charge in [-0.3, -0.25) is 9.59 Å². The van der Waals surface area contributed by atoms with Crippen LogP contribution in [0.1, 0.15) is 42.2 Å². The molecule has 2 heterocycles. The first kappa shape index (κ1) is 24.1. The third-order valence-electron chi connectivity index (χ3n) is 3.88. The number of nitrogens with zero attached hydrogens (tertiary/aromatic N) is 2. The number of aromatic nitrogens is 1. The molecule has 0 radical (unpaired) electrons. The Morgan fingerprint density at radius 3 is 2.80 bits per heavy atom. The Morgan fingerprint density at radius 1 is 1.44 bits per heavy atom. The Bertz CT molecular complexity index is 554. The minimum Gasteiger partial charge on any atom is -0.355 e. The van der Waals surface area contributed by atoms with E-state index in [-0.39, 0.29) is 42.5 Å². The number of carbonyl (C=O) groups excluding carboxylic acids is 2. The summed E-state index contributed by atoms with van der Waals surface area (Å²) in [6, 6.07) is 0. The van der Waals surface area contributed by atoms with Crippen LogP contribution in [0.5, 0.6) is 0 Å². The zero-order chi connectivity index (χ0) is 16.8. The summed E-state index contributed by atoms with van der Waals surface area (Å²) in [6.07, 6.45) is 2.55. The smallest absolute Gasteiger partial charge is 0.273 e. The second-order valence-corrected chi connectivity index (χ2v) is 7.34. The lowest BCUT2D eigenvalue weighted by molar-refractivity contribution is -0.126. The summed E-state index contributed by atoms with van der Waals surface area (Å²) < 4.78 is 0. The maximum absolute atomic E-state index is 12.6. The van der Waals surface area contributed by atoms with E-state index < -0.39 is 0 Å². The van der Waals surface area contributed by atoms with Gasteiger partial charge in [0.25, 0.3) is 5.91 Å². The summed E-state index contributed by atoms with van der Waals surface area (Å²) in [5.74, 6) is 0.307. The maximum atomic E-state index is 12.6. The van der Waals surface area contributed by atoms with E-state index in [9.17, 15) is 9.59 Å². The molecule has 1 aromatic heterocycles. The molecular formula is C16H28Cl2N4O2S. The molecule has 25 heavy (non-hydrogen) atoms. The van der Waals surface area contributed by atoms with Crippen molar-refractivity contribution in [3.05, 3.63) is 16.1 Å². The Kier molecular flexibility index (Phi) is 11.3. The average molecular weight is 411 g/mol. The fraction of sp³-hybridized carbons (Fsp3) is 0.688. The molecule has 6 nitrogen and oxygen atoms in total. The zero-order valence-electron chi connectivity index (χ0n) is 14.7. The third-order valence-corrected chi connectivity index (χ3v) is 4.75. The van der Waals surface area contributed by atoms with Crippen LogP contribution in [0.3, 0.4) is 0 Å². The van der Waals surface area contributed by atoms with Crippen molar-refractivity contribution < 1.29 is 9.59 Å². The number of nitrogens with two attached hydrogens (primary N) is 1. The maximum Gasteiger partial charge on any atom is 0.273 e. The highest BCUT2D eigenvalue weighted by molar-refractivity contribution is 7.09. The van der Waals surface area contributed by atoms with Crippen molar-refractivity contribution in [3.63, 3.8) is 0 Å². The van der Waals surface area contributed by atoms with Gasteiger partial charge < -0.3 is 16.0 Å². The largest absolute Gasteiger partial charge is 0.355 e. The van der Waals surface area contributed by atoms with Gasteiger partial charge in [-0.2, -0.15) is 0 Å². The van der Waals surface area contributed by atoms with E-state index in [0.29, 0.717) is 37.8 Å². The van der Waals surface area contributed by atoms with Gasteiger partial charge in [-0.05, 0) is 18.8 Å². The monoisotopic (exact) mass is 410 g/mol. The average Bonchev–Trinajstić information content (AvgIpc) is 2.99. The van der Waals surface area contributed by atoms with Crippen LogP contribution >= 0.6 is 36.2 Å². The SMILES string of the molecule is CC(C)Cc1nc(C(=O)N2CCCC(C(=O)NCCN)C2)cs1.Cl.Cl. The van der Waals surface area contributed by atoms with Crippen molar-refractivity contribution in [3.8, 4) is 0 Å². The molecule has 0 aliphatic carbocycles. The van der Waals surface area contributed by atoms with Crippen molar-refractivity contribution >= 4 is 48.0 Å². The molecular weight excluding hydrogens is 383 g/mol. The van der Waals surface area contributed by atoms with Gasteiger partial charge in [0.05, 0.1) is 10.9 Å². The Morgan fingerprint density at radius 2 is 2.16 bits per heavy atom. The van der Waals surface area contributed by atoms with E-state index >= 15 is 0 Å². The van der Waals surface area contributed by atoms with Crippen molar-refractivity contribution in [1.29, 1.82) is 0 Å². The molecule has 1 fully saturated rings. The lowest BCUT2D eigenvalue weighted by atomic mass is 9.97. The molecule has 1 atom stereocenters. The first-order valence-electron chi connectivity index (χ1n) is 8.22. The minimum atomic E-state index is -0.145. The minimum absolute atomic E-state index is 0. The molecule has 1 aliphatic rings. The number of halogens is 2. The second kappa shape index (κ2) is 11.7. The predicted molar refractivity (Wildman–Crippen MR) is 106 cm³/mol. The fourth-order valence-corrected chi connectivity index (χ4v) is 3.71. The molecule has 0 aromatic carbocycles. The van der Waals surface area contributed by atoms with Gasteiger partial charge in [-0.25, -0.2) is 4.98 Å². The molecule has 9 heteroatoms. The topological polar surface area (TPSA) is 88.3 Å². The number of piperidine rings is 1. The summed E-state index contributed by atoms with van der Waals surface area (Å²) in [7, 11) is 0. The lowest BCUT2D eigenvalue weighted by Crippen LogP contribution is -2.46. The van der Waals surface area contributed by atoms with Crippen molar-refractivity contribution in [1.82, 2.24) is 15.2 Å². The van der Waals surface area contributed by atoms with Crippen LogP contribution in [0.2, 0.25) is 0 Å². The zero-order valence-corrected chi connectivity index (χ0v) is 17.1. The Hall–Kier alpha value is -0.890. The van der Waals surface area contributed by atoms with Crippen LogP contribution in [-0.4, -0.2) is 47.9 Å². The van der Waals surface area contributed by atoms with Crippen LogP contribution in [0.4, 0.5) is 0 Å². The number of amides is 2. The Labute approximate surface area is 165 Å². The van der Waals surface area contributed by atoms with Crippen LogP contribution in [-0.2, 0) is 11.2 Å². The van der Waals surface area contributed by atoms with E-state index in [1.165, 1.54) is 11.3 Å². The molecule has 1 unspecified atom stereocenters. The third kappa shape index (κ3) is 7.09. The van der Waals surface area contributed by atoms with Crippen molar-refractivity contribution in [2.24, 2.45) is 17.6 Å². The summed E-state index contributed by atoms with van der Waals surface area (Å²) in [6.45, 7) is 6.34. The normalized spacial score (nSPS) is 16.8. The fourth-order valence-electron chi connectivity index (χ4n) is 2.73. The second-order valence-electron chi connectivity index (χ2n) is 6.39. The molecule has 0 spiro atoms. The van der Waals surface area contributed by atoms with E-state index in [0.717, 1.165) is 24.3 Å². The molecule has 2 rings (SSSR count). The van der Waals surface area contributed by atoms with Gasteiger partial charge in [0.2, 0.25) is 5.91 Å². The number of likely N-dealkylation sites (tertiary alicyclic amines) is 1. The van der Waals surface area contributed by atoms with E-state index in [1.807, 2.05) is 5.38 Å². The highest BCUT2D eigenvalue weighted by Crippen LogP contribution is 2.20. The summed E-state index contributed by atoms with van der Waals surface area (Å²) >= 11 is 1.54. The number of thiazole rings is 1. The van der Waals surface area contributed by atoms with Crippen LogP contribution in [0.25, 0.3) is 0 Å². The number of hydrogen-bond donors (Lipinski definition) is 2. The quantitative estimate of drug-likeness (QED) is 0.751. The van der Waals surface area contributed by atoms with Crippen LogP contribution < -0.4 is 11.1 Å². The number of rotatable bonds is 6. The summed E-state index contributed by atoms with van der Waals surface area (Å²) in [5, 5.41) is 5.64. The highest BCUT2D eigenvalue weighted by Gasteiger charge is 2.29. The predicted octanol–water partition coefficient (Wildman–Crippen LogP) is 2.11. The molecule has 0 saturated carbocycles. The first-order valence-corrected chi connectivity index (χ1v) is 9.10. The molecule has 0 bridgehead atoms. The van der Waals surface area contributed by atoms with E-state index in [2.05, 4.69) is 24.1 Å². The molecule has 1 saturated heterocycles. The van der Waals surface area contributed by atoms with E-state index in [4.69, 9.17) is 5.73 Å². The molecule has 1 aliphatic heterocycles. The van der Waals surface area contributed by atoms with Gasteiger partial charge in [-0.1, -0.05) is 13.8 Å². The Balaban J connectivity index is 0.00000288. The van der Waals surface area contributed by atoms with Gasteiger partial charge in [0.1, 0.15) is 5.69 Å². The molecule has 2 amide bonds. The molecule has 3 N–H and O–H groups in total. The van der Waals surface area contributed by atoms with Crippen LogP contribution in [0.15, 0.2) is 5.38 Å². The number of hydrogen-bond acceptors (Lipinski definition) is 5. The standard InChI is InChI=1S/C16H26N4O2S.2ClH/c1-11(2)8-14-19-13(10-23-14)16(22)20-7-3-4-12(9-20)15(21)18-6-5-17;;/h10-12H,3-9,17H2,1-2H3,(H,18,21);2*1H. The lowest BCUT2D eigenvalue weighted by Gasteiger charge is -2.31. The van der Waals surface area contributed by atoms with Gasteiger partial charge in [0, 0.05) is 38.0 Å².